The first-order valence-electron chi connectivity index (χ1n) is 6.82. The van der Waals surface area contributed by atoms with Gasteiger partial charge in [-0.15, -0.1) is 11.3 Å². The molecule has 0 radical (unpaired) electrons. The van der Waals surface area contributed by atoms with E-state index < -0.39 is 5.54 Å². The number of aliphatic hydroxyl groups is 1. The number of hydrogen-bond acceptors (Lipinski definition) is 6. The lowest BCUT2D eigenvalue weighted by Crippen LogP contribution is -2.35. The second kappa shape index (κ2) is 4.89. The molecular formula is C15H18N4OS. The highest BCUT2D eigenvalue weighted by molar-refractivity contribution is 7.26. The van der Waals surface area contributed by atoms with E-state index in [1.807, 2.05) is 20.8 Å². The third kappa shape index (κ3) is 2.45. The first-order chi connectivity index (χ1) is 9.91. The summed E-state index contributed by atoms with van der Waals surface area (Å²) < 4.78 is 0.982. The van der Waals surface area contributed by atoms with Gasteiger partial charge in [-0.05, 0) is 39.3 Å². The average Bonchev–Trinajstić information content (AvgIpc) is 2.78. The molecule has 0 aliphatic rings. The molecule has 3 aromatic rings. The predicted octanol–water partition coefficient (Wildman–Crippen LogP) is 3.04. The standard InChI is InChI=1S/C15H18N4OS/c1-8-5-9(2)18-14-10(8)11-12(21-14)13(17-7-16-11)19-15(3,4)6-20/h5,7,20H,6H2,1-4H3,(H,16,17,19). The van der Waals surface area contributed by atoms with Crippen molar-refractivity contribution >= 4 is 37.6 Å². The second-order valence-corrected chi connectivity index (χ2v) is 6.93. The van der Waals surface area contributed by atoms with Gasteiger partial charge in [0.2, 0.25) is 0 Å². The fourth-order valence-electron chi connectivity index (χ4n) is 2.36. The second-order valence-electron chi connectivity index (χ2n) is 5.93. The number of thiophene rings is 1. The van der Waals surface area contributed by atoms with E-state index in [1.54, 1.807) is 17.7 Å². The van der Waals surface area contributed by atoms with Crippen LogP contribution in [0.3, 0.4) is 0 Å². The summed E-state index contributed by atoms with van der Waals surface area (Å²) in [5.74, 6) is 0.749. The Kier molecular flexibility index (Phi) is 3.30. The summed E-state index contributed by atoms with van der Waals surface area (Å²) in [5, 5.41) is 13.8. The highest BCUT2D eigenvalue weighted by Crippen LogP contribution is 2.37. The van der Waals surface area contributed by atoms with Gasteiger partial charge in [-0.25, -0.2) is 15.0 Å². The molecule has 110 valence electrons. The van der Waals surface area contributed by atoms with Crippen molar-refractivity contribution in [2.45, 2.75) is 33.2 Å². The highest BCUT2D eigenvalue weighted by Gasteiger charge is 2.20. The van der Waals surface area contributed by atoms with Crippen molar-refractivity contribution in [3.05, 3.63) is 23.7 Å². The lowest BCUT2D eigenvalue weighted by molar-refractivity contribution is 0.234. The number of fused-ring (bicyclic) bond motifs is 3. The van der Waals surface area contributed by atoms with Crippen LogP contribution in [0, 0.1) is 13.8 Å². The zero-order valence-electron chi connectivity index (χ0n) is 12.6. The number of pyridine rings is 1. The first-order valence-corrected chi connectivity index (χ1v) is 7.63. The lowest BCUT2D eigenvalue weighted by Gasteiger charge is -2.24. The molecule has 0 aromatic carbocycles. The summed E-state index contributed by atoms with van der Waals surface area (Å²) in [6.45, 7) is 7.97. The van der Waals surface area contributed by atoms with E-state index in [-0.39, 0.29) is 6.61 Å². The smallest absolute Gasteiger partial charge is 0.148 e. The van der Waals surface area contributed by atoms with Gasteiger partial charge in [0, 0.05) is 11.1 Å². The summed E-state index contributed by atoms with van der Waals surface area (Å²) in [5.41, 5.74) is 2.67. The Balaban J connectivity index is 2.27. The van der Waals surface area contributed by atoms with E-state index in [2.05, 4.69) is 33.3 Å². The number of rotatable bonds is 3. The molecule has 5 nitrogen and oxygen atoms in total. The molecule has 0 atom stereocenters. The van der Waals surface area contributed by atoms with Crippen LogP contribution >= 0.6 is 11.3 Å². The summed E-state index contributed by atoms with van der Waals surface area (Å²) in [6.07, 6.45) is 1.56. The van der Waals surface area contributed by atoms with Crippen LogP contribution in [-0.2, 0) is 0 Å². The average molecular weight is 302 g/mol. The number of aryl methyl sites for hydroxylation is 2. The van der Waals surface area contributed by atoms with Crippen molar-refractivity contribution in [2.24, 2.45) is 0 Å². The maximum Gasteiger partial charge on any atom is 0.148 e. The van der Waals surface area contributed by atoms with Crippen LogP contribution in [0.25, 0.3) is 20.4 Å². The third-order valence-electron chi connectivity index (χ3n) is 3.40. The normalized spacial score (nSPS) is 12.2. The molecular weight excluding hydrogens is 284 g/mol. The van der Waals surface area contributed by atoms with Gasteiger partial charge >= 0.3 is 0 Å². The minimum absolute atomic E-state index is 0.0276. The number of nitrogens with zero attached hydrogens (tertiary/aromatic N) is 3. The van der Waals surface area contributed by atoms with E-state index in [0.717, 1.165) is 31.9 Å². The van der Waals surface area contributed by atoms with Gasteiger partial charge in [-0.3, -0.25) is 0 Å². The predicted molar refractivity (Wildman–Crippen MR) is 87.0 cm³/mol. The van der Waals surface area contributed by atoms with Crippen LogP contribution in [0.15, 0.2) is 12.4 Å². The summed E-state index contributed by atoms with van der Waals surface area (Å²) >= 11 is 1.59. The van der Waals surface area contributed by atoms with Crippen LogP contribution in [0.1, 0.15) is 25.1 Å². The fraction of sp³-hybridized carbons (Fsp3) is 0.400. The minimum Gasteiger partial charge on any atom is -0.394 e. The number of aromatic nitrogens is 3. The van der Waals surface area contributed by atoms with E-state index in [9.17, 15) is 5.11 Å². The zero-order chi connectivity index (χ0) is 15.2. The van der Waals surface area contributed by atoms with Crippen LogP contribution in [0.4, 0.5) is 5.82 Å². The van der Waals surface area contributed by atoms with Crippen molar-refractivity contribution in [3.63, 3.8) is 0 Å². The van der Waals surface area contributed by atoms with Crippen LogP contribution in [0.5, 0.6) is 0 Å². The monoisotopic (exact) mass is 302 g/mol. The SMILES string of the molecule is Cc1cc(C)c2c(n1)sc1c(NC(C)(C)CO)ncnc12. The van der Waals surface area contributed by atoms with Gasteiger partial charge in [-0.2, -0.15) is 0 Å². The number of hydrogen-bond donors (Lipinski definition) is 2. The summed E-state index contributed by atoms with van der Waals surface area (Å²) in [4.78, 5) is 14.4. The topological polar surface area (TPSA) is 70.9 Å². The number of aliphatic hydroxyl groups excluding tert-OH is 1. The van der Waals surface area contributed by atoms with Crippen LogP contribution in [0.2, 0.25) is 0 Å². The Bertz CT molecular complexity index is 825. The molecule has 0 unspecified atom stereocenters. The van der Waals surface area contributed by atoms with E-state index >= 15 is 0 Å². The van der Waals surface area contributed by atoms with E-state index in [4.69, 9.17) is 0 Å². The highest BCUT2D eigenvalue weighted by atomic mass is 32.1. The molecule has 0 amide bonds. The lowest BCUT2D eigenvalue weighted by atomic mass is 10.1. The molecule has 0 spiro atoms. The van der Waals surface area contributed by atoms with Gasteiger partial charge in [0.15, 0.2) is 0 Å². The van der Waals surface area contributed by atoms with Crippen LogP contribution in [-0.4, -0.2) is 32.2 Å². The van der Waals surface area contributed by atoms with E-state index in [0.29, 0.717) is 0 Å². The fourth-order valence-corrected chi connectivity index (χ4v) is 3.55. The zero-order valence-corrected chi connectivity index (χ0v) is 13.4. The third-order valence-corrected chi connectivity index (χ3v) is 4.48. The Morgan fingerprint density at radius 3 is 2.76 bits per heavy atom. The molecule has 21 heavy (non-hydrogen) atoms. The van der Waals surface area contributed by atoms with Gasteiger partial charge in [0.25, 0.3) is 0 Å². The van der Waals surface area contributed by atoms with Gasteiger partial charge in [0.05, 0.1) is 22.4 Å². The van der Waals surface area contributed by atoms with Crippen molar-refractivity contribution in [1.29, 1.82) is 0 Å². The molecule has 0 aliphatic heterocycles. The van der Waals surface area contributed by atoms with Crippen molar-refractivity contribution in [3.8, 4) is 0 Å². The minimum atomic E-state index is -0.435. The molecule has 0 aliphatic carbocycles. The molecule has 3 rings (SSSR count). The molecule has 6 heteroatoms. The van der Waals surface area contributed by atoms with Gasteiger partial charge < -0.3 is 10.4 Å². The maximum atomic E-state index is 9.43. The molecule has 0 saturated heterocycles. The quantitative estimate of drug-likeness (QED) is 0.778. The molecule has 0 saturated carbocycles. The Morgan fingerprint density at radius 1 is 1.29 bits per heavy atom. The number of anilines is 1. The maximum absolute atomic E-state index is 9.43. The molecule has 0 fully saturated rings. The molecule has 0 bridgehead atoms. The largest absolute Gasteiger partial charge is 0.394 e. The summed E-state index contributed by atoms with van der Waals surface area (Å²) in [7, 11) is 0. The molecule has 3 aromatic heterocycles. The van der Waals surface area contributed by atoms with Gasteiger partial charge in [-0.1, -0.05) is 0 Å². The Labute approximate surface area is 127 Å². The Hall–Kier alpha value is -1.79. The first kappa shape index (κ1) is 14.2. The Morgan fingerprint density at radius 2 is 2.05 bits per heavy atom. The summed E-state index contributed by atoms with van der Waals surface area (Å²) in [6, 6.07) is 2.07. The molecule has 2 N–H and O–H groups in total. The number of nitrogens with one attached hydrogen (secondary N) is 1. The van der Waals surface area contributed by atoms with Crippen molar-refractivity contribution < 1.29 is 5.11 Å². The van der Waals surface area contributed by atoms with E-state index in [1.165, 1.54) is 5.56 Å². The van der Waals surface area contributed by atoms with Crippen LogP contribution < -0.4 is 5.32 Å². The molecule has 3 heterocycles. The van der Waals surface area contributed by atoms with Crippen molar-refractivity contribution in [2.75, 3.05) is 11.9 Å². The van der Waals surface area contributed by atoms with Gasteiger partial charge in [0.1, 0.15) is 17.0 Å². The van der Waals surface area contributed by atoms with Crippen molar-refractivity contribution in [1.82, 2.24) is 15.0 Å².